The average molecular weight is 70.1 g/mol. The highest BCUT2D eigenvalue weighted by Crippen LogP contribution is 1.67. The van der Waals surface area contributed by atoms with Crippen molar-refractivity contribution in [1.82, 2.24) is 0 Å². The molecule has 0 aliphatic heterocycles. The van der Waals surface area contributed by atoms with E-state index < -0.39 is 12.4 Å². The van der Waals surface area contributed by atoms with Crippen molar-refractivity contribution in [2.45, 2.75) is 6.37 Å². The number of nitrogens with zero attached hydrogens (tertiary/aromatic N) is 1. The predicted octanol–water partition coefficient (Wildman–Crippen LogP) is 1.09. The van der Waals surface area contributed by atoms with Crippen LogP contribution in [0.5, 0.6) is 0 Å². The first-order valence-corrected chi connectivity index (χ1v) is 1.08. The van der Waals surface area contributed by atoms with Crippen LogP contribution in [0, 0.1) is 11.3 Å². The number of hydrogen-bond donors (Lipinski definition) is 0. The van der Waals surface area contributed by atoms with Crippen LogP contribution in [-0.2, 0) is 0 Å². The molecule has 0 aliphatic carbocycles. The van der Waals surface area contributed by atoms with E-state index >= 15 is 0 Å². The van der Waals surface area contributed by atoms with Crippen molar-refractivity contribution in [2.75, 3.05) is 0 Å². The van der Waals surface area contributed by atoms with Gasteiger partial charge in [-0.3, -0.25) is 0 Å². The first-order valence-electron chi connectivity index (χ1n) is 2.58. The van der Waals surface area contributed by atoms with Gasteiger partial charge in [-0.2, -0.15) is 5.26 Å². The summed E-state index contributed by atoms with van der Waals surface area (Å²) >= 11 is 0. The maximum atomic E-state index is 7.96. The summed E-state index contributed by atoms with van der Waals surface area (Å²) in [6, 6.07) is 0.787. The van der Waals surface area contributed by atoms with E-state index in [1.165, 1.54) is 6.07 Å². The van der Waals surface area contributed by atoms with Crippen molar-refractivity contribution in [3.63, 3.8) is 0 Å². The third kappa shape index (κ3) is 3.23. The molecular formula is C4H5N. The Labute approximate surface area is 35.8 Å². The summed E-state index contributed by atoms with van der Waals surface area (Å²) in [5.41, 5.74) is 0. The van der Waals surface area contributed by atoms with Gasteiger partial charge in [-0.1, -0.05) is 6.05 Å². The molecule has 0 fully saturated rings. The van der Waals surface area contributed by atoms with Gasteiger partial charge in [0.05, 0.1) is 13.8 Å². The van der Waals surface area contributed by atoms with E-state index in [0.717, 1.165) is 0 Å². The SMILES string of the molecule is [2H]C(=C)C([2H])([2H])C#N. The molecular weight excluding hydrogens is 62.1 g/mol. The van der Waals surface area contributed by atoms with Crippen LogP contribution in [-0.4, -0.2) is 0 Å². The zero-order chi connectivity index (χ0) is 6.78. The quantitative estimate of drug-likeness (QED) is 0.423. The summed E-state index contributed by atoms with van der Waals surface area (Å²) < 4.78 is 19.9. The monoisotopic (exact) mass is 70.1 g/mol. The molecule has 0 aromatic heterocycles. The van der Waals surface area contributed by atoms with Crippen molar-refractivity contribution in [2.24, 2.45) is 0 Å². The molecule has 0 radical (unpaired) electrons. The van der Waals surface area contributed by atoms with Gasteiger partial charge in [0.1, 0.15) is 0 Å². The number of hydrogen-bond acceptors (Lipinski definition) is 1. The summed E-state index contributed by atoms with van der Waals surface area (Å²) in [5.74, 6) is 0. The van der Waals surface area contributed by atoms with Crippen molar-refractivity contribution >= 4 is 0 Å². The van der Waals surface area contributed by atoms with Gasteiger partial charge in [0.2, 0.25) is 0 Å². The predicted molar refractivity (Wildman–Crippen MR) is 20.4 cm³/mol. The number of nitriles is 1. The highest BCUT2D eigenvalue weighted by Gasteiger charge is 1.56. The summed E-state index contributed by atoms with van der Waals surface area (Å²) in [4.78, 5) is 0. The Morgan fingerprint density at radius 1 is 2.60 bits per heavy atom. The van der Waals surface area contributed by atoms with Crippen LogP contribution in [0.3, 0.4) is 0 Å². The Bertz CT molecular complexity index is 144. The largest absolute Gasteiger partial charge is 0.198 e. The average Bonchev–Trinajstić information content (AvgIpc) is 1.67. The van der Waals surface area contributed by atoms with E-state index in [-0.39, 0.29) is 0 Å². The minimum Gasteiger partial charge on any atom is -0.198 e. The molecule has 0 saturated carbocycles. The lowest BCUT2D eigenvalue weighted by Crippen LogP contribution is -1.45. The minimum atomic E-state index is -2.18. The smallest absolute Gasteiger partial charge is 0.0663 e. The maximum Gasteiger partial charge on any atom is 0.0663 e. The van der Waals surface area contributed by atoms with Crippen molar-refractivity contribution in [3.05, 3.63) is 12.6 Å². The molecule has 0 aromatic rings. The second kappa shape index (κ2) is 3.23. The van der Waals surface area contributed by atoms with E-state index in [1.54, 1.807) is 0 Å². The first-order chi connectivity index (χ1) is 3.50. The second-order valence-electron chi connectivity index (χ2n) is 0.414. The van der Waals surface area contributed by atoms with Gasteiger partial charge in [0.15, 0.2) is 0 Å². The van der Waals surface area contributed by atoms with E-state index in [0.29, 0.717) is 0 Å². The lowest BCUT2D eigenvalue weighted by atomic mass is 10.5. The summed E-state index contributed by atoms with van der Waals surface area (Å²) in [5, 5.41) is 7.96. The Kier molecular flexibility index (Phi) is 0.735. The Morgan fingerprint density at radius 2 is 3.20 bits per heavy atom. The molecule has 5 heavy (non-hydrogen) atoms. The number of allylic oxidation sites excluding steroid dienone is 1. The van der Waals surface area contributed by atoms with E-state index in [4.69, 9.17) is 9.37 Å². The van der Waals surface area contributed by atoms with E-state index in [1.807, 2.05) is 0 Å². The van der Waals surface area contributed by atoms with Crippen molar-refractivity contribution < 1.29 is 4.11 Å². The molecule has 0 amide bonds. The normalized spacial score (nSPS) is 17.0. The fraction of sp³-hybridized carbons (Fsp3) is 0.250. The molecule has 0 N–H and O–H groups in total. The zero-order valence-electron chi connectivity index (χ0n) is 5.65. The zero-order valence-corrected chi connectivity index (χ0v) is 2.65. The fourth-order valence-corrected chi connectivity index (χ4v) is 0.0395. The van der Waals surface area contributed by atoms with Crippen LogP contribution < -0.4 is 0 Å². The van der Waals surface area contributed by atoms with Crippen LogP contribution in [0.4, 0.5) is 0 Å². The first kappa shape index (κ1) is 1.14. The second-order valence-corrected chi connectivity index (χ2v) is 0.414. The molecule has 0 heterocycles. The summed E-state index contributed by atoms with van der Waals surface area (Å²) in [6.07, 6.45) is -2.18. The molecule has 0 aromatic carbocycles. The Balaban J connectivity index is 4.19. The van der Waals surface area contributed by atoms with Gasteiger partial charge in [0, 0.05) is 2.74 Å². The molecule has 0 rings (SSSR count). The van der Waals surface area contributed by atoms with Crippen LogP contribution in [0.15, 0.2) is 12.6 Å². The van der Waals surface area contributed by atoms with Crippen molar-refractivity contribution in [3.8, 4) is 6.07 Å². The van der Waals surface area contributed by atoms with Crippen molar-refractivity contribution in [1.29, 1.82) is 5.26 Å². The third-order valence-corrected chi connectivity index (χ3v) is 0.144. The van der Waals surface area contributed by atoms with Gasteiger partial charge < -0.3 is 0 Å². The summed E-state index contributed by atoms with van der Waals surface area (Å²) in [7, 11) is 0. The maximum absolute atomic E-state index is 7.96. The molecule has 0 saturated heterocycles. The molecule has 26 valence electrons. The minimum absolute atomic E-state index is 0.500. The number of rotatable bonds is 1. The molecule has 0 spiro atoms. The molecule has 0 bridgehead atoms. The Morgan fingerprint density at radius 3 is 3.20 bits per heavy atom. The van der Waals surface area contributed by atoms with Gasteiger partial charge in [-0.15, -0.1) is 6.58 Å². The van der Waals surface area contributed by atoms with Gasteiger partial charge >= 0.3 is 0 Å². The standard InChI is InChI=1S/C4H5N/c1-2-3-4-5/h2H,1,3H2/i2D,3D2. The molecule has 1 nitrogen and oxygen atoms in total. The van der Waals surface area contributed by atoms with Gasteiger partial charge in [0.25, 0.3) is 0 Å². The lowest BCUT2D eigenvalue weighted by Gasteiger charge is -1.55. The van der Waals surface area contributed by atoms with Crippen LogP contribution in [0.2, 0.25) is 0 Å². The highest BCUT2D eigenvalue weighted by molar-refractivity contribution is 4.82. The molecule has 0 unspecified atom stereocenters. The topological polar surface area (TPSA) is 23.8 Å². The molecule has 1 heteroatoms. The van der Waals surface area contributed by atoms with E-state index in [2.05, 4.69) is 6.58 Å². The lowest BCUT2D eigenvalue weighted by molar-refractivity contribution is 1.36. The van der Waals surface area contributed by atoms with E-state index in [9.17, 15) is 0 Å². The molecule has 0 atom stereocenters. The molecule has 0 aliphatic rings. The summed E-state index contributed by atoms with van der Waals surface area (Å²) in [6.45, 7) is 2.97. The Hall–Kier alpha value is -0.770. The highest BCUT2D eigenvalue weighted by atomic mass is 14.2. The van der Waals surface area contributed by atoms with Crippen LogP contribution in [0.1, 0.15) is 10.5 Å². The van der Waals surface area contributed by atoms with Crippen LogP contribution in [0.25, 0.3) is 0 Å². The third-order valence-electron chi connectivity index (χ3n) is 0.144. The van der Waals surface area contributed by atoms with Gasteiger partial charge in [-0.05, 0) is 0 Å². The van der Waals surface area contributed by atoms with Crippen LogP contribution >= 0.6 is 0 Å². The fourth-order valence-electron chi connectivity index (χ4n) is 0.0395. The van der Waals surface area contributed by atoms with Gasteiger partial charge in [-0.25, -0.2) is 0 Å².